The van der Waals surface area contributed by atoms with Crippen LogP contribution in [0.3, 0.4) is 0 Å². The third-order valence-electron chi connectivity index (χ3n) is 9.07. The van der Waals surface area contributed by atoms with Gasteiger partial charge >= 0.3 is 6.18 Å². The molecule has 1 N–H and O–H groups in total. The number of amides is 1. The Balaban J connectivity index is 1.52. The van der Waals surface area contributed by atoms with E-state index in [-0.39, 0.29) is 59.4 Å². The molecule has 0 saturated carbocycles. The summed E-state index contributed by atoms with van der Waals surface area (Å²) in [7, 11) is 0.459. The van der Waals surface area contributed by atoms with Gasteiger partial charge in [-0.1, -0.05) is 50.0 Å². The number of pyridine rings is 2. The molecule has 274 valence electrons. The topological polar surface area (TPSA) is 104 Å². The van der Waals surface area contributed by atoms with Crippen molar-refractivity contribution in [3.8, 4) is 29.0 Å². The van der Waals surface area contributed by atoms with Gasteiger partial charge in [-0.15, -0.1) is 0 Å². The number of anilines is 2. The quantitative estimate of drug-likeness (QED) is 0.121. The predicted octanol–water partition coefficient (Wildman–Crippen LogP) is 8.25. The molecule has 1 aliphatic rings. The lowest BCUT2D eigenvalue weighted by Gasteiger charge is -2.44. The highest BCUT2D eigenvalue weighted by Crippen LogP contribution is 2.38. The van der Waals surface area contributed by atoms with Gasteiger partial charge in [-0.2, -0.15) is 18.4 Å². The van der Waals surface area contributed by atoms with E-state index < -0.39 is 37.1 Å². The van der Waals surface area contributed by atoms with Gasteiger partial charge in [-0.25, -0.2) is 14.4 Å². The highest BCUT2D eigenvalue weighted by Gasteiger charge is 2.37. The standard InChI is InChI=1S/C38H42F4N6O3Si/c1-24-21-48(22-25(2)47(24)3)34-17-32(39)29(28-14-27(18-43)37(45-19-28)51-23-26-10-8-7-9-11-26)15-33(34)46-36(49)30-20-44-35(16-31(30)38(40,41)42)50-12-13-52(4,5)6/h7-11,14-17,19-20,24-25H,12-13,21-23H2,1-6H3,(H,46,49)/t24-,25+. The molecule has 0 radical (unpaired) electrons. The van der Waals surface area contributed by atoms with Crippen LogP contribution in [0.15, 0.2) is 67.0 Å². The minimum absolute atomic E-state index is 0.0202. The van der Waals surface area contributed by atoms with Crippen LogP contribution >= 0.6 is 0 Å². The number of carbonyl (C=O) groups excluding carboxylic acids is 1. The molecule has 1 amide bonds. The molecule has 14 heteroatoms. The third kappa shape index (κ3) is 9.26. The van der Waals surface area contributed by atoms with Crippen LogP contribution in [0.4, 0.5) is 28.9 Å². The van der Waals surface area contributed by atoms with Crippen molar-refractivity contribution in [2.24, 2.45) is 0 Å². The first kappa shape index (κ1) is 38.2. The maximum atomic E-state index is 16.1. The Morgan fingerprint density at radius 3 is 2.35 bits per heavy atom. The summed E-state index contributed by atoms with van der Waals surface area (Å²) in [5, 5.41) is 12.5. The van der Waals surface area contributed by atoms with Crippen molar-refractivity contribution in [3.05, 3.63) is 95.1 Å². The largest absolute Gasteiger partial charge is 0.478 e. The molecular weight excluding hydrogens is 693 g/mol. The van der Waals surface area contributed by atoms with Crippen LogP contribution in [0, 0.1) is 17.1 Å². The van der Waals surface area contributed by atoms with Gasteiger partial charge in [0.05, 0.1) is 29.1 Å². The summed E-state index contributed by atoms with van der Waals surface area (Å²) < 4.78 is 70.5. The smallest absolute Gasteiger partial charge is 0.417 e. The third-order valence-corrected chi connectivity index (χ3v) is 10.8. The van der Waals surface area contributed by atoms with Crippen LogP contribution in [0.5, 0.6) is 11.8 Å². The molecule has 0 bridgehead atoms. The molecule has 0 unspecified atom stereocenters. The van der Waals surface area contributed by atoms with E-state index in [4.69, 9.17) is 9.47 Å². The van der Waals surface area contributed by atoms with Crippen molar-refractivity contribution in [2.75, 3.05) is 37.0 Å². The van der Waals surface area contributed by atoms with Crippen molar-refractivity contribution in [1.29, 1.82) is 5.26 Å². The van der Waals surface area contributed by atoms with E-state index in [1.807, 2.05) is 62.2 Å². The Morgan fingerprint density at radius 2 is 1.71 bits per heavy atom. The molecule has 2 atom stereocenters. The second-order valence-electron chi connectivity index (χ2n) is 14.3. The minimum atomic E-state index is -4.89. The molecule has 9 nitrogen and oxygen atoms in total. The average molecular weight is 735 g/mol. The van der Waals surface area contributed by atoms with Crippen molar-refractivity contribution >= 4 is 25.4 Å². The lowest BCUT2D eigenvalue weighted by atomic mass is 10.0. The Labute approximate surface area is 302 Å². The Bertz CT molecular complexity index is 1940. The highest BCUT2D eigenvalue weighted by atomic mass is 28.3. The van der Waals surface area contributed by atoms with E-state index in [2.05, 4.69) is 39.8 Å². The van der Waals surface area contributed by atoms with Gasteiger partial charge in [0.15, 0.2) is 0 Å². The van der Waals surface area contributed by atoms with Crippen LogP contribution < -0.4 is 19.7 Å². The van der Waals surface area contributed by atoms with E-state index in [1.165, 1.54) is 24.4 Å². The number of rotatable bonds is 11. The molecule has 2 aromatic heterocycles. The van der Waals surface area contributed by atoms with Crippen molar-refractivity contribution in [3.63, 3.8) is 0 Å². The van der Waals surface area contributed by atoms with Crippen LogP contribution in [-0.2, 0) is 12.8 Å². The molecule has 2 aromatic carbocycles. The van der Waals surface area contributed by atoms with E-state index in [0.29, 0.717) is 24.8 Å². The molecule has 1 aliphatic heterocycles. The minimum Gasteiger partial charge on any atom is -0.478 e. The molecule has 3 heterocycles. The number of likely N-dealkylation sites (N-methyl/N-ethyl adjacent to an activating group) is 1. The number of halogens is 4. The van der Waals surface area contributed by atoms with E-state index in [9.17, 15) is 23.2 Å². The maximum absolute atomic E-state index is 16.1. The Kier molecular flexibility index (Phi) is 11.6. The Hall–Kier alpha value is -5.00. The number of ether oxygens (including phenoxy) is 2. The first-order valence-electron chi connectivity index (χ1n) is 16.9. The molecule has 1 fully saturated rings. The zero-order valence-electron chi connectivity index (χ0n) is 30.0. The summed E-state index contributed by atoms with van der Waals surface area (Å²) in [5.41, 5.74) is -0.438. The number of piperazine rings is 1. The highest BCUT2D eigenvalue weighted by molar-refractivity contribution is 6.76. The molecule has 0 aliphatic carbocycles. The second-order valence-corrected chi connectivity index (χ2v) is 19.9. The van der Waals surface area contributed by atoms with E-state index in [0.717, 1.165) is 17.8 Å². The van der Waals surface area contributed by atoms with Gasteiger partial charge < -0.3 is 19.7 Å². The predicted molar refractivity (Wildman–Crippen MR) is 195 cm³/mol. The first-order valence-corrected chi connectivity index (χ1v) is 20.6. The van der Waals surface area contributed by atoms with Crippen molar-refractivity contribution in [1.82, 2.24) is 14.9 Å². The lowest BCUT2D eigenvalue weighted by molar-refractivity contribution is -0.138. The molecule has 4 aromatic rings. The second kappa shape index (κ2) is 15.7. The SMILES string of the molecule is C[C@@H]1CN(c2cc(F)c(-c3cnc(OCc4ccccc4)c(C#N)c3)cc2NC(=O)c2cnc(OCC[Si](C)(C)C)cc2C(F)(F)F)C[C@H](C)N1C. The van der Waals surface area contributed by atoms with Crippen LogP contribution in [-0.4, -0.2) is 67.7 Å². The molecule has 0 spiro atoms. The number of carbonyl (C=O) groups is 1. The van der Waals surface area contributed by atoms with Crippen LogP contribution in [0.25, 0.3) is 11.1 Å². The number of hydrogen-bond donors (Lipinski definition) is 1. The number of hydrogen-bond acceptors (Lipinski definition) is 8. The van der Waals surface area contributed by atoms with Gasteiger partial charge in [0, 0.05) is 62.8 Å². The number of alkyl halides is 3. The molecule has 1 saturated heterocycles. The fourth-order valence-corrected chi connectivity index (χ4v) is 6.56. The molecule has 52 heavy (non-hydrogen) atoms. The van der Waals surface area contributed by atoms with Gasteiger partial charge in [-0.3, -0.25) is 9.69 Å². The Morgan fingerprint density at radius 1 is 1.02 bits per heavy atom. The number of aromatic nitrogens is 2. The fraction of sp³-hybridized carbons (Fsp3) is 0.368. The maximum Gasteiger partial charge on any atom is 0.417 e. The van der Waals surface area contributed by atoms with Gasteiger partial charge in [0.25, 0.3) is 5.91 Å². The monoisotopic (exact) mass is 734 g/mol. The van der Waals surface area contributed by atoms with E-state index in [1.54, 1.807) is 0 Å². The lowest BCUT2D eigenvalue weighted by Crippen LogP contribution is -2.55. The fourth-order valence-electron chi connectivity index (χ4n) is 5.85. The summed E-state index contributed by atoms with van der Waals surface area (Å²) in [6, 6.07) is 16.9. The zero-order chi connectivity index (χ0) is 37.8. The number of nitrogens with one attached hydrogen (secondary N) is 1. The number of nitriles is 1. The van der Waals surface area contributed by atoms with Crippen LogP contribution in [0.1, 0.15) is 40.9 Å². The number of nitrogens with zero attached hydrogens (tertiary/aromatic N) is 5. The summed E-state index contributed by atoms with van der Waals surface area (Å²) >= 11 is 0. The average Bonchev–Trinajstić information content (AvgIpc) is 3.09. The number of benzene rings is 2. The van der Waals surface area contributed by atoms with Crippen LogP contribution in [0.2, 0.25) is 25.7 Å². The molecular formula is C38H42F4N6O3Si. The normalized spacial score (nSPS) is 16.7. The zero-order valence-corrected chi connectivity index (χ0v) is 31.0. The van der Waals surface area contributed by atoms with Crippen molar-refractivity contribution in [2.45, 2.75) is 64.4 Å². The summed E-state index contributed by atoms with van der Waals surface area (Å²) in [5.74, 6) is -1.93. The van der Waals surface area contributed by atoms with Gasteiger partial charge in [-0.05, 0) is 50.7 Å². The summed E-state index contributed by atoms with van der Waals surface area (Å²) in [6.45, 7) is 11.7. The summed E-state index contributed by atoms with van der Waals surface area (Å²) in [6.07, 6.45) is -2.70. The molecule has 5 rings (SSSR count). The first-order chi connectivity index (χ1) is 24.5. The van der Waals surface area contributed by atoms with Gasteiger partial charge in [0.2, 0.25) is 11.8 Å². The summed E-state index contributed by atoms with van der Waals surface area (Å²) in [4.78, 5) is 26.1. The van der Waals surface area contributed by atoms with E-state index >= 15 is 4.39 Å². The van der Waals surface area contributed by atoms with Crippen molar-refractivity contribution < 1.29 is 31.8 Å². The van der Waals surface area contributed by atoms with Gasteiger partial charge in [0.1, 0.15) is 24.1 Å².